The van der Waals surface area contributed by atoms with Crippen molar-refractivity contribution in [3.8, 4) is 0 Å². The molecule has 2 N–H and O–H groups in total. The van der Waals surface area contributed by atoms with E-state index in [9.17, 15) is 13.2 Å². The largest absolute Gasteiger partial charge is 0.392 e. The summed E-state index contributed by atoms with van der Waals surface area (Å²) in [5, 5.41) is 0.816. The monoisotopic (exact) mass is 286 g/mol. The summed E-state index contributed by atoms with van der Waals surface area (Å²) in [7, 11) is 0. The lowest BCUT2D eigenvalue weighted by atomic mass is 10.2. The highest BCUT2D eigenvalue weighted by molar-refractivity contribution is 6.35. The maximum absolute atomic E-state index is 12.2. The van der Waals surface area contributed by atoms with Crippen molar-refractivity contribution in [3.63, 3.8) is 0 Å². The number of alkyl halides is 3. The number of hydrazine groups is 1. The fraction of sp³-hybridized carbons (Fsp3) is 0.400. The van der Waals surface area contributed by atoms with Gasteiger partial charge in [-0.25, -0.2) is 5.43 Å². The molecule has 0 saturated carbocycles. The van der Waals surface area contributed by atoms with E-state index in [0.29, 0.717) is 15.7 Å². The average molecular weight is 287 g/mol. The zero-order chi connectivity index (χ0) is 13.1. The molecular weight excluding hydrogens is 276 g/mol. The quantitative estimate of drug-likeness (QED) is 0.814. The number of hydrogen-bond donors (Lipinski definition) is 2. The second-order valence-corrected chi connectivity index (χ2v) is 4.48. The Hall–Kier alpha value is -0.650. The van der Waals surface area contributed by atoms with E-state index < -0.39 is 12.1 Å². The minimum Gasteiger partial charge on any atom is -0.321 e. The van der Waals surface area contributed by atoms with Crippen LogP contribution in [0.2, 0.25) is 10.0 Å². The van der Waals surface area contributed by atoms with E-state index in [1.807, 2.05) is 0 Å². The molecule has 1 atom stereocenters. The van der Waals surface area contributed by atoms with E-state index in [-0.39, 0.29) is 6.54 Å². The van der Waals surface area contributed by atoms with Crippen LogP contribution in [0.25, 0.3) is 0 Å². The van der Waals surface area contributed by atoms with Gasteiger partial charge in [0.2, 0.25) is 0 Å². The molecular formula is C10H11Cl2F3N2. The highest BCUT2D eigenvalue weighted by Crippen LogP contribution is 2.25. The van der Waals surface area contributed by atoms with Crippen molar-refractivity contribution in [2.75, 3.05) is 12.0 Å². The zero-order valence-electron chi connectivity index (χ0n) is 8.91. The Morgan fingerprint density at radius 1 is 1.18 bits per heavy atom. The van der Waals surface area contributed by atoms with Crippen molar-refractivity contribution >= 4 is 28.9 Å². The van der Waals surface area contributed by atoms with Gasteiger partial charge in [0.25, 0.3) is 0 Å². The van der Waals surface area contributed by atoms with E-state index in [2.05, 4.69) is 10.9 Å². The van der Waals surface area contributed by atoms with Crippen LogP contribution in [0.5, 0.6) is 0 Å². The molecule has 0 aliphatic rings. The highest BCUT2D eigenvalue weighted by atomic mass is 35.5. The summed E-state index contributed by atoms with van der Waals surface area (Å²) in [5.41, 5.74) is 5.60. The molecule has 1 aromatic rings. The molecule has 1 rings (SSSR count). The second-order valence-electron chi connectivity index (χ2n) is 3.61. The van der Waals surface area contributed by atoms with Crippen LogP contribution >= 0.6 is 23.2 Å². The Balaban J connectivity index is 2.46. The molecule has 1 aromatic carbocycles. The maximum Gasteiger partial charge on any atom is 0.392 e. The maximum atomic E-state index is 12.2. The molecule has 0 bridgehead atoms. The lowest BCUT2D eigenvalue weighted by Gasteiger charge is -2.17. The molecule has 0 radical (unpaired) electrons. The highest BCUT2D eigenvalue weighted by Gasteiger charge is 2.35. The Morgan fingerprint density at radius 3 is 2.18 bits per heavy atom. The van der Waals surface area contributed by atoms with Gasteiger partial charge < -0.3 is 5.43 Å². The van der Waals surface area contributed by atoms with Gasteiger partial charge in [-0.1, -0.05) is 30.1 Å². The summed E-state index contributed by atoms with van der Waals surface area (Å²) in [6.45, 7) is 0.854. The van der Waals surface area contributed by atoms with Crippen LogP contribution in [0.15, 0.2) is 18.2 Å². The third-order valence-electron chi connectivity index (χ3n) is 2.06. The van der Waals surface area contributed by atoms with Gasteiger partial charge in [0.15, 0.2) is 0 Å². The topological polar surface area (TPSA) is 24.1 Å². The SMILES string of the molecule is CC(CNNc1cc(Cl)cc(Cl)c1)C(F)(F)F. The van der Waals surface area contributed by atoms with E-state index >= 15 is 0 Å². The Bertz CT molecular complexity index is 362. The molecule has 0 aromatic heterocycles. The number of rotatable bonds is 4. The Morgan fingerprint density at radius 2 is 1.71 bits per heavy atom. The molecule has 17 heavy (non-hydrogen) atoms. The van der Waals surface area contributed by atoms with Gasteiger partial charge in [0, 0.05) is 16.6 Å². The molecule has 0 aliphatic carbocycles. The van der Waals surface area contributed by atoms with Crippen molar-refractivity contribution < 1.29 is 13.2 Å². The van der Waals surface area contributed by atoms with Gasteiger partial charge in [0.05, 0.1) is 11.6 Å². The van der Waals surface area contributed by atoms with Crippen LogP contribution in [-0.2, 0) is 0 Å². The van der Waals surface area contributed by atoms with E-state index in [1.54, 1.807) is 12.1 Å². The van der Waals surface area contributed by atoms with Crippen LogP contribution in [-0.4, -0.2) is 12.7 Å². The lowest BCUT2D eigenvalue weighted by molar-refractivity contribution is -0.167. The van der Waals surface area contributed by atoms with Crippen molar-refractivity contribution in [3.05, 3.63) is 28.2 Å². The predicted molar refractivity (Wildman–Crippen MR) is 63.3 cm³/mol. The summed E-state index contributed by atoms with van der Waals surface area (Å²) in [6.07, 6.45) is -4.21. The van der Waals surface area contributed by atoms with E-state index in [4.69, 9.17) is 23.2 Å². The smallest absolute Gasteiger partial charge is 0.321 e. The fourth-order valence-corrected chi connectivity index (χ4v) is 1.57. The zero-order valence-corrected chi connectivity index (χ0v) is 10.4. The van der Waals surface area contributed by atoms with Crippen molar-refractivity contribution in [1.29, 1.82) is 0 Å². The third-order valence-corrected chi connectivity index (χ3v) is 2.50. The number of anilines is 1. The number of nitrogens with one attached hydrogen (secondary N) is 2. The summed E-state index contributed by atoms with van der Waals surface area (Å²) in [6, 6.07) is 4.64. The van der Waals surface area contributed by atoms with Crippen LogP contribution in [0, 0.1) is 5.92 Å². The lowest BCUT2D eigenvalue weighted by Crippen LogP contribution is -2.34. The number of hydrogen-bond acceptors (Lipinski definition) is 2. The van der Waals surface area contributed by atoms with Crippen LogP contribution in [0.4, 0.5) is 18.9 Å². The van der Waals surface area contributed by atoms with E-state index in [1.165, 1.54) is 6.07 Å². The molecule has 2 nitrogen and oxygen atoms in total. The van der Waals surface area contributed by atoms with Crippen molar-refractivity contribution in [1.82, 2.24) is 5.43 Å². The fourth-order valence-electron chi connectivity index (χ4n) is 1.05. The molecule has 0 amide bonds. The normalized spacial score (nSPS) is 13.5. The first kappa shape index (κ1) is 14.4. The van der Waals surface area contributed by atoms with Crippen molar-refractivity contribution in [2.45, 2.75) is 13.1 Å². The number of halogens is 5. The Labute approximate surface area is 107 Å². The molecule has 0 heterocycles. The minimum absolute atomic E-state index is 0.242. The van der Waals surface area contributed by atoms with Gasteiger partial charge in [0.1, 0.15) is 0 Å². The molecule has 0 aliphatic heterocycles. The summed E-state index contributed by atoms with van der Waals surface area (Å²) in [4.78, 5) is 0. The third kappa shape index (κ3) is 5.02. The molecule has 7 heteroatoms. The summed E-state index contributed by atoms with van der Waals surface area (Å²) in [5.74, 6) is -1.44. The first-order chi connectivity index (χ1) is 7.79. The predicted octanol–water partition coefficient (Wildman–Crippen LogP) is 4.11. The Kier molecular flexibility index (Phi) is 4.91. The second kappa shape index (κ2) is 5.80. The van der Waals surface area contributed by atoms with Crippen molar-refractivity contribution in [2.24, 2.45) is 5.92 Å². The van der Waals surface area contributed by atoms with Gasteiger partial charge in [-0.05, 0) is 18.2 Å². The van der Waals surface area contributed by atoms with Gasteiger partial charge in [-0.3, -0.25) is 0 Å². The average Bonchev–Trinajstić information content (AvgIpc) is 2.14. The first-order valence-electron chi connectivity index (χ1n) is 4.80. The molecule has 0 spiro atoms. The van der Waals surface area contributed by atoms with Gasteiger partial charge in [-0.2, -0.15) is 13.2 Å². The summed E-state index contributed by atoms with van der Waals surface area (Å²) >= 11 is 11.5. The molecule has 0 fully saturated rings. The molecule has 0 saturated heterocycles. The van der Waals surface area contributed by atoms with Crippen LogP contribution in [0.3, 0.4) is 0 Å². The standard InChI is InChI=1S/C10H11Cl2F3N2/c1-6(10(13,14)15)5-16-17-9-3-7(11)2-8(12)4-9/h2-4,6,16-17H,5H2,1H3. The van der Waals surface area contributed by atoms with Gasteiger partial charge >= 0.3 is 6.18 Å². The first-order valence-corrected chi connectivity index (χ1v) is 5.56. The molecule has 96 valence electrons. The summed E-state index contributed by atoms with van der Waals surface area (Å²) < 4.78 is 36.6. The molecule has 1 unspecified atom stereocenters. The minimum atomic E-state index is -4.21. The van der Waals surface area contributed by atoms with Gasteiger partial charge in [-0.15, -0.1) is 0 Å². The number of benzene rings is 1. The van der Waals surface area contributed by atoms with Crippen LogP contribution < -0.4 is 10.9 Å². The van der Waals surface area contributed by atoms with Crippen LogP contribution in [0.1, 0.15) is 6.92 Å². The van der Waals surface area contributed by atoms with E-state index in [0.717, 1.165) is 6.92 Å².